The molecule has 0 aliphatic carbocycles. The van der Waals surface area contributed by atoms with Gasteiger partial charge < -0.3 is 5.32 Å². The topological polar surface area (TPSA) is 46.4 Å². The fourth-order valence-corrected chi connectivity index (χ4v) is 3.35. The zero-order chi connectivity index (χ0) is 15.9. The predicted molar refractivity (Wildman–Crippen MR) is 84.9 cm³/mol. The minimum Gasteiger partial charge on any atom is -0.346 e. The van der Waals surface area contributed by atoms with Crippen molar-refractivity contribution in [1.29, 1.82) is 0 Å². The van der Waals surface area contributed by atoms with E-state index in [9.17, 15) is 9.18 Å². The zero-order valence-corrected chi connectivity index (χ0v) is 13.4. The van der Waals surface area contributed by atoms with Gasteiger partial charge in [0.1, 0.15) is 5.82 Å². The van der Waals surface area contributed by atoms with Crippen LogP contribution in [0.25, 0.3) is 4.96 Å². The van der Waals surface area contributed by atoms with Crippen LogP contribution >= 0.6 is 11.3 Å². The van der Waals surface area contributed by atoms with Gasteiger partial charge in [0.2, 0.25) is 0 Å². The smallest absolute Gasteiger partial charge is 0.251 e. The number of aromatic nitrogens is 2. The SMILES string of the molecule is Cc1cn2c(CNC(=O)c3ccc(F)cc3C)c(C)nc2s1. The van der Waals surface area contributed by atoms with Gasteiger partial charge in [0.25, 0.3) is 5.91 Å². The fourth-order valence-electron chi connectivity index (χ4n) is 2.46. The van der Waals surface area contributed by atoms with Gasteiger partial charge in [-0.15, -0.1) is 11.3 Å². The van der Waals surface area contributed by atoms with Crippen LogP contribution in [0.1, 0.15) is 32.2 Å². The average molecular weight is 317 g/mol. The first-order valence-corrected chi connectivity index (χ1v) is 7.75. The number of hydrogen-bond donors (Lipinski definition) is 1. The summed E-state index contributed by atoms with van der Waals surface area (Å²) in [6, 6.07) is 4.17. The van der Waals surface area contributed by atoms with Crippen LogP contribution in [-0.4, -0.2) is 15.3 Å². The van der Waals surface area contributed by atoms with E-state index < -0.39 is 0 Å². The molecule has 114 valence electrons. The quantitative estimate of drug-likeness (QED) is 0.805. The molecule has 3 aromatic rings. The van der Waals surface area contributed by atoms with E-state index in [2.05, 4.69) is 10.3 Å². The number of carbonyl (C=O) groups excluding carboxylic acids is 1. The number of carbonyl (C=O) groups is 1. The maximum atomic E-state index is 13.1. The maximum Gasteiger partial charge on any atom is 0.251 e. The number of rotatable bonds is 3. The number of fused-ring (bicyclic) bond motifs is 1. The molecule has 6 heteroatoms. The van der Waals surface area contributed by atoms with E-state index in [0.29, 0.717) is 17.7 Å². The van der Waals surface area contributed by atoms with Gasteiger partial charge in [-0.3, -0.25) is 9.20 Å². The predicted octanol–water partition coefficient (Wildman–Crippen LogP) is 3.39. The molecule has 1 amide bonds. The van der Waals surface area contributed by atoms with Crippen molar-refractivity contribution < 1.29 is 9.18 Å². The van der Waals surface area contributed by atoms with E-state index in [1.165, 1.54) is 23.1 Å². The molecule has 2 aromatic heterocycles. The summed E-state index contributed by atoms with van der Waals surface area (Å²) >= 11 is 1.62. The van der Waals surface area contributed by atoms with Gasteiger partial charge >= 0.3 is 0 Å². The van der Waals surface area contributed by atoms with Crippen molar-refractivity contribution >= 4 is 22.2 Å². The Morgan fingerprint density at radius 2 is 2.14 bits per heavy atom. The van der Waals surface area contributed by atoms with Gasteiger partial charge in [-0.25, -0.2) is 9.37 Å². The fraction of sp³-hybridized carbons (Fsp3) is 0.250. The zero-order valence-electron chi connectivity index (χ0n) is 12.6. The number of amides is 1. The first-order chi connectivity index (χ1) is 10.5. The Morgan fingerprint density at radius 1 is 1.36 bits per heavy atom. The Kier molecular flexibility index (Phi) is 3.70. The highest BCUT2D eigenvalue weighted by atomic mass is 32.1. The lowest BCUT2D eigenvalue weighted by Crippen LogP contribution is -2.24. The lowest BCUT2D eigenvalue weighted by atomic mass is 10.1. The van der Waals surface area contributed by atoms with E-state index in [0.717, 1.165) is 16.3 Å². The van der Waals surface area contributed by atoms with Crippen molar-refractivity contribution in [1.82, 2.24) is 14.7 Å². The molecule has 2 heterocycles. The molecule has 1 aromatic carbocycles. The summed E-state index contributed by atoms with van der Waals surface area (Å²) in [4.78, 5) is 18.9. The molecule has 0 aliphatic heterocycles. The average Bonchev–Trinajstić information content (AvgIpc) is 2.91. The van der Waals surface area contributed by atoms with Crippen LogP contribution in [0.15, 0.2) is 24.4 Å². The minimum atomic E-state index is -0.337. The molecule has 0 saturated heterocycles. The van der Waals surface area contributed by atoms with Crippen molar-refractivity contribution in [3.8, 4) is 0 Å². The van der Waals surface area contributed by atoms with E-state index in [4.69, 9.17) is 0 Å². The number of imidazole rings is 1. The third-order valence-corrected chi connectivity index (χ3v) is 4.49. The largest absolute Gasteiger partial charge is 0.346 e. The highest BCUT2D eigenvalue weighted by Gasteiger charge is 2.14. The lowest BCUT2D eigenvalue weighted by molar-refractivity contribution is 0.0949. The number of thiazole rings is 1. The molecule has 0 unspecified atom stereocenters. The van der Waals surface area contributed by atoms with Crippen LogP contribution in [0.2, 0.25) is 0 Å². The van der Waals surface area contributed by atoms with Crippen LogP contribution in [0.3, 0.4) is 0 Å². The Bertz CT molecular complexity index is 866. The van der Waals surface area contributed by atoms with Crippen LogP contribution in [0, 0.1) is 26.6 Å². The van der Waals surface area contributed by atoms with Crippen LogP contribution in [0.4, 0.5) is 4.39 Å². The van der Waals surface area contributed by atoms with Crippen molar-refractivity contribution in [3.63, 3.8) is 0 Å². The number of aryl methyl sites for hydroxylation is 3. The number of nitrogens with zero attached hydrogens (tertiary/aromatic N) is 2. The van der Waals surface area contributed by atoms with Crippen LogP contribution in [0.5, 0.6) is 0 Å². The summed E-state index contributed by atoms with van der Waals surface area (Å²) in [6.45, 7) is 6.07. The molecule has 0 fully saturated rings. The summed E-state index contributed by atoms with van der Waals surface area (Å²) in [5, 5.41) is 2.89. The second-order valence-electron chi connectivity index (χ2n) is 5.28. The third-order valence-electron chi connectivity index (χ3n) is 3.59. The third kappa shape index (κ3) is 2.62. The van der Waals surface area contributed by atoms with E-state index >= 15 is 0 Å². The Balaban J connectivity index is 1.81. The maximum absolute atomic E-state index is 13.1. The van der Waals surface area contributed by atoms with Gasteiger partial charge in [0.15, 0.2) is 4.96 Å². The lowest BCUT2D eigenvalue weighted by Gasteiger charge is -2.08. The molecule has 22 heavy (non-hydrogen) atoms. The molecule has 0 aliphatic rings. The van der Waals surface area contributed by atoms with Crippen molar-refractivity contribution in [2.24, 2.45) is 0 Å². The Hall–Kier alpha value is -2.21. The molecular weight excluding hydrogens is 301 g/mol. The second kappa shape index (κ2) is 5.53. The number of halogens is 1. The van der Waals surface area contributed by atoms with Crippen molar-refractivity contribution in [3.05, 3.63) is 57.6 Å². The van der Waals surface area contributed by atoms with E-state index in [-0.39, 0.29) is 11.7 Å². The first-order valence-electron chi connectivity index (χ1n) is 6.94. The Labute approximate surface area is 131 Å². The van der Waals surface area contributed by atoms with Gasteiger partial charge in [-0.2, -0.15) is 0 Å². The molecule has 0 bridgehead atoms. The number of benzene rings is 1. The summed E-state index contributed by atoms with van der Waals surface area (Å²) in [5.41, 5.74) is 2.98. The van der Waals surface area contributed by atoms with Crippen molar-refractivity contribution in [2.75, 3.05) is 0 Å². The molecule has 4 nitrogen and oxygen atoms in total. The molecule has 0 saturated carbocycles. The summed E-state index contributed by atoms with van der Waals surface area (Å²) < 4.78 is 15.1. The van der Waals surface area contributed by atoms with Gasteiger partial charge in [-0.05, 0) is 44.5 Å². The molecule has 3 rings (SSSR count). The standard InChI is InChI=1S/C16H16FN3OS/c1-9-6-12(17)4-5-13(9)15(21)18-7-14-11(3)19-16-20(14)8-10(2)22-16/h4-6,8H,7H2,1-3H3,(H,18,21). The van der Waals surface area contributed by atoms with Gasteiger partial charge in [0, 0.05) is 16.6 Å². The number of nitrogens with one attached hydrogen (secondary N) is 1. The van der Waals surface area contributed by atoms with Crippen LogP contribution in [-0.2, 0) is 6.54 Å². The second-order valence-corrected chi connectivity index (χ2v) is 6.49. The molecule has 0 atom stereocenters. The summed E-state index contributed by atoms with van der Waals surface area (Å²) in [6.07, 6.45) is 2.02. The summed E-state index contributed by atoms with van der Waals surface area (Å²) in [7, 11) is 0. The first kappa shape index (κ1) is 14.7. The van der Waals surface area contributed by atoms with Gasteiger partial charge in [-0.1, -0.05) is 0 Å². The monoisotopic (exact) mass is 317 g/mol. The minimum absolute atomic E-state index is 0.209. The molecular formula is C16H16FN3OS. The van der Waals surface area contributed by atoms with E-state index in [1.54, 1.807) is 18.3 Å². The summed E-state index contributed by atoms with van der Waals surface area (Å²) in [5.74, 6) is -0.546. The van der Waals surface area contributed by atoms with E-state index in [1.807, 2.05) is 24.4 Å². The molecule has 1 N–H and O–H groups in total. The normalized spacial score (nSPS) is 11.1. The highest BCUT2D eigenvalue weighted by Crippen LogP contribution is 2.20. The van der Waals surface area contributed by atoms with Crippen LogP contribution < -0.4 is 5.32 Å². The molecule has 0 spiro atoms. The highest BCUT2D eigenvalue weighted by molar-refractivity contribution is 7.17. The van der Waals surface area contributed by atoms with Gasteiger partial charge in [0.05, 0.1) is 17.9 Å². The van der Waals surface area contributed by atoms with Crippen molar-refractivity contribution in [2.45, 2.75) is 27.3 Å². The Morgan fingerprint density at radius 3 is 2.86 bits per heavy atom. The number of hydrogen-bond acceptors (Lipinski definition) is 3. The molecule has 0 radical (unpaired) electrons.